The molecule has 0 spiro atoms. The smallest absolute Gasteiger partial charge is 0.228 e. The summed E-state index contributed by atoms with van der Waals surface area (Å²) in [4.78, 5) is 39.6. The van der Waals surface area contributed by atoms with Gasteiger partial charge in [0, 0.05) is 67.7 Å². The second-order valence-corrected chi connectivity index (χ2v) is 14.3. The highest BCUT2D eigenvalue weighted by Gasteiger charge is 2.31. The molecular formula is C41H48N6O2. The number of hydrogen-bond donors (Lipinski definition) is 2. The van der Waals surface area contributed by atoms with Crippen molar-refractivity contribution in [3.8, 4) is 0 Å². The van der Waals surface area contributed by atoms with Crippen LogP contribution in [0.2, 0.25) is 0 Å². The normalized spacial score (nSPS) is 19.1. The highest BCUT2D eigenvalue weighted by molar-refractivity contribution is 6.02. The van der Waals surface area contributed by atoms with E-state index >= 15 is 0 Å². The number of carbonyl (C=O) groups excluding carboxylic acids is 2. The van der Waals surface area contributed by atoms with E-state index in [2.05, 4.69) is 45.5 Å². The van der Waals surface area contributed by atoms with Gasteiger partial charge in [0.1, 0.15) is 5.82 Å². The number of nitrogens with one attached hydrogen (secondary N) is 2. The number of aromatic nitrogens is 3. The third kappa shape index (κ3) is 7.19. The van der Waals surface area contributed by atoms with Gasteiger partial charge in [-0.05, 0) is 73.8 Å². The first kappa shape index (κ1) is 32.8. The number of hydrogen-bond acceptors (Lipinski definition) is 6. The van der Waals surface area contributed by atoms with Crippen molar-refractivity contribution in [1.82, 2.24) is 19.9 Å². The fourth-order valence-corrected chi connectivity index (χ4v) is 8.01. The third-order valence-corrected chi connectivity index (χ3v) is 10.7. The van der Waals surface area contributed by atoms with Crippen molar-refractivity contribution in [3.05, 3.63) is 95.7 Å². The predicted octanol–water partition coefficient (Wildman–Crippen LogP) is 8.13. The number of carbonyl (C=O) groups is 2. The van der Waals surface area contributed by atoms with Crippen LogP contribution in [-0.4, -0.2) is 52.4 Å². The summed E-state index contributed by atoms with van der Waals surface area (Å²) < 4.78 is 2.06. The molecule has 254 valence electrons. The summed E-state index contributed by atoms with van der Waals surface area (Å²) >= 11 is 0. The molecule has 1 unspecified atom stereocenters. The molecule has 7 rings (SSSR count). The van der Waals surface area contributed by atoms with Crippen molar-refractivity contribution in [1.29, 1.82) is 0 Å². The van der Waals surface area contributed by atoms with Crippen LogP contribution in [0.1, 0.15) is 97.5 Å². The molecule has 2 aliphatic rings. The number of aryl methyl sites for hydroxylation is 1. The van der Waals surface area contributed by atoms with Gasteiger partial charge in [-0.1, -0.05) is 73.9 Å². The number of rotatable bonds is 10. The maximum Gasteiger partial charge on any atom is 0.228 e. The van der Waals surface area contributed by atoms with E-state index in [4.69, 9.17) is 9.97 Å². The summed E-state index contributed by atoms with van der Waals surface area (Å²) in [5, 5.41) is 8.99. The molecule has 1 atom stereocenters. The van der Waals surface area contributed by atoms with Crippen LogP contribution in [0.25, 0.3) is 21.8 Å². The van der Waals surface area contributed by atoms with Crippen LogP contribution >= 0.6 is 0 Å². The molecule has 2 aliphatic carbocycles. The largest absolute Gasteiger partial charge is 0.362 e. The molecule has 8 nitrogen and oxygen atoms in total. The van der Waals surface area contributed by atoms with Gasteiger partial charge in [0.2, 0.25) is 11.9 Å². The van der Waals surface area contributed by atoms with Gasteiger partial charge < -0.3 is 20.1 Å². The van der Waals surface area contributed by atoms with Gasteiger partial charge in [0.15, 0.2) is 5.78 Å². The number of para-hydroxylation sites is 2. The van der Waals surface area contributed by atoms with Crippen molar-refractivity contribution in [2.75, 3.05) is 24.3 Å². The molecule has 2 saturated carbocycles. The van der Waals surface area contributed by atoms with Crippen LogP contribution in [0, 0.1) is 0 Å². The predicted molar refractivity (Wildman–Crippen MR) is 199 cm³/mol. The van der Waals surface area contributed by atoms with Gasteiger partial charge >= 0.3 is 0 Å². The molecule has 2 heterocycles. The van der Waals surface area contributed by atoms with E-state index in [0.29, 0.717) is 17.4 Å². The Kier molecular flexibility index (Phi) is 9.65. The minimum atomic E-state index is -0.581. The number of nitrogens with zero attached hydrogens (tertiary/aromatic N) is 4. The van der Waals surface area contributed by atoms with E-state index in [0.717, 1.165) is 58.9 Å². The molecule has 0 saturated heterocycles. The Morgan fingerprint density at radius 3 is 2.22 bits per heavy atom. The van der Waals surface area contributed by atoms with Crippen molar-refractivity contribution in [2.24, 2.45) is 7.05 Å². The Bertz CT molecular complexity index is 1930. The first-order valence-electron chi connectivity index (χ1n) is 18.0. The second kappa shape index (κ2) is 14.4. The highest BCUT2D eigenvalue weighted by atomic mass is 16.2. The lowest BCUT2D eigenvalue weighted by Gasteiger charge is -2.31. The fraction of sp³-hybridized carbons (Fsp3) is 0.415. The lowest BCUT2D eigenvalue weighted by Crippen LogP contribution is -2.42. The Hall–Kier alpha value is -4.72. The Labute approximate surface area is 289 Å². The minimum Gasteiger partial charge on any atom is -0.362 e. The van der Waals surface area contributed by atoms with Crippen molar-refractivity contribution >= 4 is 45.3 Å². The van der Waals surface area contributed by atoms with E-state index in [1.807, 2.05) is 74.7 Å². The molecular weight excluding hydrogens is 608 g/mol. The van der Waals surface area contributed by atoms with E-state index in [1.165, 1.54) is 37.7 Å². The first-order chi connectivity index (χ1) is 23.8. The molecule has 1 amide bonds. The second-order valence-electron chi connectivity index (χ2n) is 14.3. The first-order valence-corrected chi connectivity index (χ1v) is 18.0. The van der Waals surface area contributed by atoms with E-state index < -0.39 is 5.92 Å². The van der Waals surface area contributed by atoms with Crippen LogP contribution < -0.4 is 15.5 Å². The maximum atomic E-state index is 14.2. The number of benzene rings is 3. The molecule has 49 heavy (non-hydrogen) atoms. The quantitative estimate of drug-likeness (QED) is 0.148. The zero-order valence-corrected chi connectivity index (χ0v) is 29.0. The Balaban J connectivity index is 1.04. The number of Topliss-reactive ketones (excluding diaryl/α,β-unsaturated/α-hetero) is 1. The molecule has 2 aromatic heterocycles. The average molecular weight is 657 g/mol. The summed E-state index contributed by atoms with van der Waals surface area (Å²) in [6.45, 7) is 0. The van der Waals surface area contributed by atoms with Gasteiger partial charge in [-0.3, -0.25) is 9.59 Å². The van der Waals surface area contributed by atoms with Gasteiger partial charge in [-0.25, -0.2) is 4.98 Å². The van der Waals surface area contributed by atoms with Crippen molar-refractivity contribution in [3.63, 3.8) is 0 Å². The Morgan fingerprint density at radius 1 is 0.816 bits per heavy atom. The van der Waals surface area contributed by atoms with Crippen molar-refractivity contribution < 1.29 is 9.59 Å². The summed E-state index contributed by atoms with van der Waals surface area (Å²) in [5.74, 6) is 1.47. The zero-order valence-electron chi connectivity index (χ0n) is 29.0. The van der Waals surface area contributed by atoms with Gasteiger partial charge in [-0.15, -0.1) is 0 Å². The SMILES string of the molecule is CN(C)c1nc(NC2CCC(NC(=O)C(CC(=O)c3ccc(C4CCCCC4)cc3)c3cn(C)c4ccccc34)CC2)nc2ccccc12. The van der Waals surface area contributed by atoms with Crippen LogP contribution in [0.15, 0.2) is 79.0 Å². The van der Waals surface area contributed by atoms with Crippen molar-refractivity contribution in [2.45, 2.75) is 88.1 Å². The summed E-state index contributed by atoms with van der Waals surface area (Å²) in [6, 6.07) is 24.7. The maximum absolute atomic E-state index is 14.2. The van der Waals surface area contributed by atoms with E-state index in [9.17, 15) is 9.59 Å². The van der Waals surface area contributed by atoms with Crippen LogP contribution in [0.4, 0.5) is 11.8 Å². The number of amides is 1. The van der Waals surface area contributed by atoms with E-state index in [-0.39, 0.29) is 30.2 Å². The third-order valence-electron chi connectivity index (χ3n) is 10.7. The highest BCUT2D eigenvalue weighted by Crippen LogP contribution is 2.35. The molecule has 3 aromatic carbocycles. The average Bonchev–Trinajstić information content (AvgIpc) is 3.47. The monoisotopic (exact) mass is 656 g/mol. The van der Waals surface area contributed by atoms with Gasteiger partial charge in [0.05, 0.1) is 11.4 Å². The molecule has 0 bridgehead atoms. The Morgan fingerprint density at radius 2 is 1.49 bits per heavy atom. The lowest BCUT2D eigenvalue weighted by molar-refractivity contribution is -0.123. The van der Waals surface area contributed by atoms with Crippen LogP contribution in [0.3, 0.4) is 0 Å². The molecule has 0 aliphatic heterocycles. The molecule has 5 aromatic rings. The molecule has 2 fully saturated rings. The fourth-order valence-electron chi connectivity index (χ4n) is 8.01. The summed E-state index contributed by atoms with van der Waals surface area (Å²) in [6.07, 6.45) is 12.0. The topological polar surface area (TPSA) is 92.2 Å². The van der Waals surface area contributed by atoms with Gasteiger partial charge in [-0.2, -0.15) is 4.98 Å². The lowest BCUT2D eigenvalue weighted by atomic mass is 9.83. The van der Waals surface area contributed by atoms with Gasteiger partial charge in [0.25, 0.3) is 0 Å². The zero-order chi connectivity index (χ0) is 33.9. The van der Waals surface area contributed by atoms with Crippen LogP contribution in [-0.2, 0) is 11.8 Å². The number of fused-ring (bicyclic) bond motifs is 2. The van der Waals surface area contributed by atoms with E-state index in [1.54, 1.807) is 0 Å². The standard InChI is InChI=1S/C41H48N6O2/c1-46(2)39-33-14-7-9-15-36(33)44-41(45-39)43-31-23-21-30(22-24-31)42-40(49)34(35-26-47(3)37-16-10-8-13-32(35)37)25-38(48)29-19-17-28(18-20-29)27-11-5-4-6-12-27/h7-10,13-20,26-27,30-31,34H,4-6,11-12,21-25H2,1-3H3,(H,42,49)(H,43,44,45). The number of ketones is 1. The molecule has 8 heteroatoms. The molecule has 0 radical (unpaired) electrons. The number of anilines is 2. The summed E-state index contributed by atoms with van der Waals surface area (Å²) in [5.41, 5.74) is 4.88. The summed E-state index contributed by atoms with van der Waals surface area (Å²) in [7, 11) is 6.00. The molecule has 2 N–H and O–H groups in total. The minimum absolute atomic E-state index is 0.00339. The van der Waals surface area contributed by atoms with Crippen LogP contribution in [0.5, 0.6) is 0 Å².